The van der Waals surface area contributed by atoms with Crippen LogP contribution >= 0.6 is 11.6 Å². The lowest BCUT2D eigenvalue weighted by atomic mass is 9.86. The fourth-order valence-corrected chi connectivity index (χ4v) is 7.36. The van der Waals surface area contributed by atoms with Gasteiger partial charge >= 0.3 is 0 Å². The summed E-state index contributed by atoms with van der Waals surface area (Å²) in [5.41, 5.74) is 3.64. The second-order valence-corrected chi connectivity index (χ2v) is 14.6. The number of likely N-dealkylation sites (tertiary alicyclic amines) is 1. The normalized spacial score (nSPS) is 16.8. The van der Waals surface area contributed by atoms with Crippen LogP contribution in [-0.2, 0) is 16.9 Å². The summed E-state index contributed by atoms with van der Waals surface area (Å²) in [4.78, 5) is 11.5. The molecule has 12 heteroatoms. The highest BCUT2D eigenvalue weighted by atomic mass is 35.5. The molecule has 5 rings (SSSR count). The molecular formula is C30H42ClN7O3S. The number of nitrogens with zero attached hydrogens (tertiary/aromatic N) is 5. The van der Waals surface area contributed by atoms with Crippen molar-refractivity contribution in [3.05, 3.63) is 40.7 Å². The van der Waals surface area contributed by atoms with Crippen LogP contribution in [0.25, 0.3) is 0 Å². The largest absolute Gasteiger partial charge is 0.488 e. The minimum absolute atomic E-state index is 0.0149. The molecule has 0 radical (unpaired) electrons. The SMILES string of the molecule is Cc1cc(Nc2ncc(Cl)c(Nc3cn(C)nc3S(=O)(=O)CC(C)C)n2)c(OC2CC2)cc1C1CCN(C(C)C)CC1. The van der Waals surface area contributed by atoms with Gasteiger partial charge in [-0.15, -0.1) is 0 Å². The van der Waals surface area contributed by atoms with E-state index >= 15 is 0 Å². The van der Waals surface area contributed by atoms with Gasteiger partial charge in [0.2, 0.25) is 11.0 Å². The number of anilines is 4. The van der Waals surface area contributed by atoms with Crippen LogP contribution in [0.1, 0.15) is 70.4 Å². The van der Waals surface area contributed by atoms with Crippen molar-refractivity contribution in [3.63, 3.8) is 0 Å². The lowest BCUT2D eigenvalue weighted by Crippen LogP contribution is -2.37. The Morgan fingerprint density at radius 3 is 2.43 bits per heavy atom. The Kier molecular flexibility index (Phi) is 9.01. The van der Waals surface area contributed by atoms with E-state index in [0.717, 1.165) is 50.2 Å². The molecule has 228 valence electrons. The third kappa shape index (κ3) is 7.18. The molecule has 0 spiro atoms. The highest BCUT2D eigenvalue weighted by molar-refractivity contribution is 7.91. The van der Waals surface area contributed by atoms with E-state index in [1.807, 2.05) is 13.8 Å². The predicted molar refractivity (Wildman–Crippen MR) is 167 cm³/mol. The highest BCUT2D eigenvalue weighted by Crippen LogP contribution is 2.40. The van der Waals surface area contributed by atoms with E-state index in [0.29, 0.717) is 23.6 Å². The van der Waals surface area contributed by atoms with Crippen LogP contribution in [0, 0.1) is 12.8 Å². The number of benzene rings is 1. The number of halogens is 1. The summed E-state index contributed by atoms with van der Waals surface area (Å²) in [5, 5.41) is 10.8. The Bertz CT molecular complexity index is 1530. The molecular weight excluding hydrogens is 574 g/mol. The van der Waals surface area contributed by atoms with Crippen molar-refractivity contribution in [3.8, 4) is 5.75 Å². The lowest BCUT2D eigenvalue weighted by Gasteiger charge is -2.35. The summed E-state index contributed by atoms with van der Waals surface area (Å²) in [6.45, 7) is 12.6. The molecule has 3 heterocycles. The monoisotopic (exact) mass is 615 g/mol. The van der Waals surface area contributed by atoms with Crippen molar-refractivity contribution in [2.45, 2.75) is 83.4 Å². The standard InChI is InChI=1S/C30H42ClN7O3S/c1-18(2)17-42(39,40)29-26(16-37(6)36-29)33-28-24(31)15-32-30(35-28)34-25-13-20(5)23(14-27(25)41-22-7-8-22)21-9-11-38(12-10-21)19(3)4/h13-16,18-19,21-22H,7-12,17H2,1-6H3,(H2,32,33,34,35). The highest BCUT2D eigenvalue weighted by Gasteiger charge is 2.29. The number of aryl methyl sites for hydroxylation is 2. The van der Waals surface area contributed by atoms with Crippen LogP contribution in [0.4, 0.5) is 23.1 Å². The number of hydrogen-bond acceptors (Lipinski definition) is 9. The van der Waals surface area contributed by atoms with E-state index < -0.39 is 9.84 Å². The van der Waals surface area contributed by atoms with Crippen LogP contribution in [0.5, 0.6) is 5.75 Å². The molecule has 1 saturated heterocycles. The van der Waals surface area contributed by atoms with E-state index in [-0.39, 0.29) is 33.6 Å². The molecule has 3 aromatic rings. The maximum Gasteiger partial charge on any atom is 0.229 e. The number of piperidine rings is 1. The fourth-order valence-electron chi connectivity index (χ4n) is 5.50. The topological polar surface area (TPSA) is 114 Å². The van der Waals surface area contributed by atoms with E-state index in [2.05, 4.69) is 63.5 Å². The first-order chi connectivity index (χ1) is 19.9. The molecule has 0 atom stereocenters. The van der Waals surface area contributed by atoms with Crippen molar-refractivity contribution >= 4 is 44.6 Å². The maximum atomic E-state index is 13.0. The molecule has 1 aromatic carbocycles. The molecule has 2 aromatic heterocycles. The van der Waals surface area contributed by atoms with E-state index in [1.165, 1.54) is 22.0 Å². The zero-order valence-electron chi connectivity index (χ0n) is 25.3. The first-order valence-corrected chi connectivity index (χ1v) is 16.8. The van der Waals surface area contributed by atoms with Crippen molar-refractivity contribution in [2.24, 2.45) is 13.0 Å². The number of hydrogen-bond donors (Lipinski definition) is 2. The van der Waals surface area contributed by atoms with Crippen molar-refractivity contribution in [2.75, 3.05) is 29.5 Å². The van der Waals surface area contributed by atoms with Gasteiger partial charge in [0.05, 0.1) is 29.4 Å². The number of nitrogens with one attached hydrogen (secondary N) is 2. The van der Waals surface area contributed by atoms with Crippen molar-refractivity contribution < 1.29 is 13.2 Å². The zero-order valence-corrected chi connectivity index (χ0v) is 26.9. The second kappa shape index (κ2) is 12.4. The lowest BCUT2D eigenvalue weighted by molar-refractivity contribution is 0.171. The van der Waals surface area contributed by atoms with Gasteiger partial charge in [0.1, 0.15) is 10.8 Å². The smallest absolute Gasteiger partial charge is 0.229 e. The zero-order chi connectivity index (χ0) is 30.2. The minimum atomic E-state index is -3.61. The predicted octanol–water partition coefficient (Wildman–Crippen LogP) is 6.22. The number of aromatic nitrogens is 4. The number of ether oxygens (including phenoxy) is 1. The molecule has 1 aliphatic carbocycles. The van der Waals surface area contributed by atoms with Crippen LogP contribution in [0.15, 0.2) is 29.6 Å². The first-order valence-electron chi connectivity index (χ1n) is 14.8. The van der Waals surface area contributed by atoms with Gasteiger partial charge in [0.25, 0.3) is 0 Å². The molecule has 0 amide bonds. The van der Waals surface area contributed by atoms with Gasteiger partial charge in [-0.05, 0) is 94.6 Å². The second-order valence-electron chi connectivity index (χ2n) is 12.3. The van der Waals surface area contributed by atoms with Crippen molar-refractivity contribution in [1.29, 1.82) is 0 Å². The minimum Gasteiger partial charge on any atom is -0.488 e. The average molecular weight is 616 g/mol. The molecule has 0 unspecified atom stereocenters. The molecule has 1 aliphatic heterocycles. The first kappa shape index (κ1) is 30.6. The van der Waals surface area contributed by atoms with Crippen LogP contribution < -0.4 is 15.4 Å². The molecule has 2 fully saturated rings. The molecule has 0 bridgehead atoms. The molecule has 2 aliphatic rings. The molecule has 42 heavy (non-hydrogen) atoms. The molecule has 1 saturated carbocycles. The van der Waals surface area contributed by atoms with E-state index in [1.54, 1.807) is 13.2 Å². The van der Waals surface area contributed by atoms with Gasteiger partial charge in [0, 0.05) is 19.3 Å². The number of sulfone groups is 1. The Hall–Kier alpha value is -2.89. The summed E-state index contributed by atoms with van der Waals surface area (Å²) in [5.74, 6) is 1.83. The van der Waals surface area contributed by atoms with Gasteiger partial charge in [-0.1, -0.05) is 25.4 Å². The van der Waals surface area contributed by atoms with Crippen LogP contribution in [0.3, 0.4) is 0 Å². The molecule has 2 N–H and O–H groups in total. The van der Waals surface area contributed by atoms with Gasteiger partial charge in [0.15, 0.2) is 15.7 Å². The quantitative estimate of drug-likeness (QED) is 0.259. The van der Waals surface area contributed by atoms with Gasteiger partial charge in [-0.3, -0.25) is 4.68 Å². The fraction of sp³-hybridized carbons (Fsp3) is 0.567. The Balaban J connectivity index is 1.40. The maximum absolute atomic E-state index is 13.0. The average Bonchev–Trinajstić information content (AvgIpc) is 3.65. The summed E-state index contributed by atoms with van der Waals surface area (Å²) in [6, 6.07) is 4.88. The van der Waals surface area contributed by atoms with E-state index in [4.69, 9.17) is 16.3 Å². The van der Waals surface area contributed by atoms with Gasteiger partial charge < -0.3 is 20.3 Å². The van der Waals surface area contributed by atoms with Crippen molar-refractivity contribution in [1.82, 2.24) is 24.6 Å². The van der Waals surface area contributed by atoms with E-state index in [9.17, 15) is 8.42 Å². The summed E-state index contributed by atoms with van der Waals surface area (Å²) in [7, 11) is -1.94. The molecule has 10 nitrogen and oxygen atoms in total. The third-order valence-electron chi connectivity index (χ3n) is 7.77. The van der Waals surface area contributed by atoms with Crippen LogP contribution in [-0.4, -0.2) is 64.1 Å². The Labute approximate surface area is 254 Å². The Morgan fingerprint density at radius 1 is 1.07 bits per heavy atom. The van der Waals surface area contributed by atoms with Gasteiger partial charge in [-0.25, -0.2) is 13.4 Å². The summed E-state index contributed by atoms with van der Waals surface area (Å²) < 4.78 is 33.8. The Morgan fingerprint density at radius 2 is 1.79 bits per heavy atom. The van der Waals surface area contributed by atoms with Crippen LogP contribution in [0.2, 0.25) is 5.02 Å². The third-order valence-corrected chi connectivity index (χ3v) is 10.0. The summed E-state index contributed by atoms with van der Waals surface area (Å²) >= 11 is 6.46. The summed E-state index contributed by atoms with van der Waals surface area (Å²) in [6.07, 6.45) is 7.68. The number of rotatable bonds is 11. The van der Waals surface area contributed by atoms with Gasteiger partial charge in [-0.2, -0.15) is 10.1 Å².